The first-order valence-electron chi connectivity index (χ1n) is 7.14. The highest BCUT2D eigenvalue weighted by atomic mass is 32.1. The Balaban J connectivity index is 1.92. The zero-order valence-electron chi connectivity index (χ0n) is 12.9. The van der Waals surface area contributed by atoms with Crippen molar-refractivity contribution in [3.63, 3.8) is 0 Å². The summed E-state index contributed by atoms with van der Waals surface area (Å²) in [6.45, 7) is -1.52. The number of rotatable bonds is 7. The Kier molecular flexibility index (Phi) is 4.86. The largest absolute Gasteiger partial charge is 0.477 e. The minimum Gasteiger partial charge on any atom is -0.477 e. The Hall–Kier alpha value is -2.66. The fraction of sp³-hybridized carbons (Fsp3) is 0.286. The van der Waals surface area contributed by atoms with Gasteiger partial charge in [0.2, 0.25) is 0 Å². The molecule has 11 heteroatoms. The third-order valence-electron chi connectivity index (χ3n) is 3.18. The predicted octanol–water partition coefficient (Wildman–Crippen LogP) is 2.59. The summed E-state index contributed by atoms with van der Waals surface area (Å²) < 4.78 is 30.1. The standard InChI is InChI=1S/C14H13F2N5O3S/c1-7(6-24-14(15)16)18-10-4-9(13(22)23)19-11(20-10)8-5-17-21-2-3-25-12(8)21/h2-5,7,14H,6H2,1H3,(H,22,23)(H,18,19,20)/t7-/m0/s1. The van der Waals surface area contributed by atoms with E-state index in [1.54, 1.807) is 23.8 Å². The molecule has 0 amide bonds. The number of ether oxygens (including phenoxy) is 1. The molecule has 0 aromatic carbocycles. The van der Waals surface area contributed by atoms with Crippen molar-refractivity contribution in [1.82, 2.24) is 19.6 Å². The number of carboxylic acids is 1. The van der Waals surface area contributed by atoms with Crippen molar-refractivity contribution in [2.75, 3.05) is 11.9 Å². The summed E-state index contributed by atoms with van der Waals surface area (Å²) >= 11 is 1.41. The third kappa shape index (κ3) is 3.88. The van der Waals surface area contributed by atoms with Crippen LogP contribution in [0, 0.1) is 0 Å². The van der Waals surface area contributed by atoms with Gasteiger partial charge in [-0.25, -0.2) is 19.3 Å². The molecule has 0 aliphatic rings. The first kappa shape index (κ1) is 17.2. The molecular formula is C14H13F2N5O3S. The van der Waals surface area contributed by atoms with Crippen molar-refractivity contribution >= 4 is 28.0 Å². The van der Waals surface area contributed by atoms with E-state index >= 15 is 0 Å². The summed E-state index contributed by atoms with van der Waals surface area (Å²) in [5.41, 5.74) is 0.364. The van der Waals surface area contributed by atoms with Gasteiger partial charge in [0.25, 0.3) is 0 Å². The molecule has 2 N–H and O–H groups in total. The summed E-state index contributed by atoms with van der Waals surface area (Å²) in [4.78, 5) is 20.4. The minimum atomic E-state index is -2.88. The van der Waals surface area contributed by atoms with E-state index in [0.29, 0.717) is 5.56 Å². The molecule has 0 radical (unpaired) electrons. The number of hydrogen-bond donors (Lipinski definition) is 2. The van der Waals surface area contributed by atoms with Crippen LogP contribution >= 0.6 is 11.3 Å². The van der Waals surface area contributed by atoms with E-state index in [1.807, 2.05) is 5.38 Å². The van der Waals surface area contributed by atoms with Crippen molar-refractivity contribution in [3.8, 4) is 11.4 Å². The number of fused-ring (bicyclic) bond motifs is 1. The first-order valence-corrected chi connectivity index (χ1v) is 8.02. The fourth-order valence-corrected chi connectivity index (χ4v) is 2.93. The van der Waals surface area contributed by atoms with Gasteiger partial charge in [-0.15, -0.1) is 11.3 Å². The Bertz CT molecular complexity index is 898. The van der Waals surface area contributed by atoms with Gasteiger partial charge in [-0.05, 0) is 6.92 Å². The zero-order valence-corrected chi connectivity index (χ0v) is 13.7. The van der Waals surface area contributed by atoms with E-state index in [-0.39, 0.29) is 23.9 Å². The van der Waals surface area contributed by atoms with Crippen LogP contribution in [-0.4, -0.2) is 49.9 Å². The van der Waals surface area contributed by atoms with Gasteiger partial charge >= 0.3 is 12.6 Å². The third-order valence-corrected chi connectivity index (χ3v) is 4.07. The second kappa shape index (κ2) is 7.07. The number of halogens is 2. The minimum absolute atomic E-state index is 0.182. The summed E-state index contributed by atoms with van der Waals surface area (Å²) in [6.07, 6.45) is 3.30. The lowest BCUT2D eigenvalue weighted by Crippen LogP contribution is -2.24. The highest BCUT2D eigenvalue weighted by molar-refractivity contribution is 7.16. The van der Waals surface area contributed by atoms with Crippen LogP contribution in [-0.2, 0) is 4.74 Å². The maximum Gasteiger partial charge on any atom is 0.354 e. The molecule has 0 unspecified atom stereocenters. The van der Waals surface area contributed by atoms with Crippen LogP contribution in [0.2, 0.25) is 0 Å². The smallest absolute Gasteiger partial charge is 0.354 e. The van der Waals surface area contributed by atoms with Gasteiger partial charge in [0, 0.05) is 23.7 Å². The number of anilines is 1. The van der Waals surface area contributed by atoms with Gasteiger partial charge < -0.3 is 15.2 Å². The molecule has 0 fully saturated rings. The van der Waals surface area contributed by atoms with Crippen LogP contribution in [0.25, 0.3) is 16.2 Å². The molecular weight excluding hydrogens is 356 g/mol. The molecule has 3 heterocycles. The maximum atomic E-state index is 12.1. The van der Waals surface area contributed by atoms with E-state index in [2.05, 4.69) is 25.1 Å². The highest BCUT2D eigenvalue weighted by Gasteiger charge is 2.17. The molecule has 0 bridgehead atoms. The van der Waals surface area contributed by atoms with Crippen LogP contribution in [0.15, 0.2) is 23.8 Å². The predicted molar refractivity (Wildman–Crippen MR) is 86.1 cm³/mol. The lowest BCUT2D eigenvalue weighted by atomic mass is 10.3. The number of thiazole rings is 1. The SMILES string of the molecule is C[C@@H](COC(F)F)Nc1cc(C(=O)O)nc(-c2cnn3ccsc23)n1. The summed E-state index contributed by atoms with van der Waals surface area (Å²) in [5.74, 6) is -0.844. The van der Waals surface area contributed by atoms with Gasteiger partial charge in [0.05, 0.1) is 18.4 Å². The number of carbonyl (C=O) groups is 1. The summed E-state index contributed by atoms with van der Waals surface area (Å²) in [6, 6.07) is 0.729. The van der Waals surface area contributed by atoms with Crippen LogP contribution in [0.3, 0.4) is 0 Å². The second-order valence-corrected chi connectivity index (χ2v) is 6.01. The van der Waals surface area contributed by atoms with Gasteiger partial charge in [-0.1, -0.05) is 0 Å². The van der Waals surface area contributed by atoms with Crippen LogP contribution < -0.4 is 5.32 Å². The fourth-order valence-electron chi connectivity index (χ4n) is 2.14. The Morgan fingerprint density at radius 1 is 1.48 bits per heavy atom. The monoisotopic (exact) mass is 369 g/mol. The van der Waals surface area contributed by atoms with Crippen molar-refractivity contribution in [1.29, 1.82) is 0 Å². The quantitative estimate of drug-likeness (QED) is 0.660. The van der Waals surface area contributed by atoms with E-state index in [9.17, 15) is 18.7 Å². The number of hydrogen-bond acceptors (Lipinski definition) is 7. The van der Waals surface area contributed by atoms with E-state index in [0.717, 1.165) is 4.83 Å². The van der Waals surface area contributed by atoms with E-state index < -0.39 is 18.6 Å². The molecule has 0 saturated heterocycles. The highest BCUT2D eigenvalue weighted by Crippen LogP contribution is 2.26. The van der Waals surface area contributed by atoms with Crippen molar-refractivity contribution in [2.24, 2.45) is 0 Å². The molecule has 1 atom stereocenters. The summed E-state index contributed by atoms with van der Waals surface area (Å²) in [7, 11) is 0. The van der Waals surface area contributed by atoms with Crippen LogP contribution in [0.1, 0.15) is 17.4 Å². The Labute approximate surface area is 144 Å². The lowest BCUT2D eigenvalue weighted by molar-refractivity contribution is -0.130. The number of alkyl halides is 2. The number of nitrogens with zero attached hydrogens (tertiary/aromatic N) is 4. The van der Waals surface area contributed by atoms with Crippen molar-refractivity contribution < 1.29 is 23.4 Å². The van der Waals surface area contributed by atoms with Crippen molar-refractivity contribution in [2.45, 2.75) is 19.6 Å². The van der Waals surface area contributed by atoms with Gasteiger partial charge in [-0.2, -0.15) is 13.9 Å². The molecule has 0 aliphatic carbocycles. The van der Waals surface area contributed by atoms with Crippen LogP contribution in [0.4, 0.5) is 14.6 Å². The molecule has 25 heavy (non-hydrogen) atoms. The Morgan fingerprint density at radius 2 is 2.28 bits per heavy atom. The Morgan fingerprint density at radius 3 is 3.00 bits per heavy atom. The van der Waals surface area contributed by atoms with Gasteiger partial charge in [0.15, 0.2) is 11.5 Å². The normalized spacial score (nSPS) is 12.6. The zero-order chi connectivity index (χ0) is 18.0. The summed E-state index contributed by atoms with van der Waals surface area (Å²) in [5, 5.41) is 18.1. The molecule has 132 valence electrons. The average Bonchev–Trinajstić information content (AvgIpc) is 3.15. The number of nitrogens with one attached hydrogen (secondary N) is 1. The molecule has 8 nitrogen and oxygen atoms in total. The molecule has 3 aromatic rings. The van der Waals surface area contributed by atoms with Gasteiger partial charge in [0.1, 0.15) is 10.6 Å². The first-order chi connectivity index (χ1) is 11.9. The lowest BCUT2D eigenvalue weighted by Gasteiger charge is -2.15. The van der Waals surface area contributed by atoms with E-state index in [1.165, 1.54) is 17.4 Å². The molecule has 0 saturated carbocycles. The molecule has 0 aliphatic heterocycles. The van der Waals surface area contributed by atoms with Crippen molar-refractivity contribution in [3.05, 3.63) is 29.5 Å². The molecule has 3 aromatic heterocycles. The number of aromatic nitrogens is 4. The molecule has 3 rings (SSSR count). The number of carboxylic acid groups (broad SMARTS) is 1. The average molecular weight is 369 g/mol. The van der Waals surface area contributed by atoms with Crippen LogP contribution in [0.5, 0.6) is 0 Å². The maximum absolute atomic E-state index is 12.1. The second-order valence-electron chi connectivity index (χ2n) is 5.12. The van der Waals surface area contributed by atoms with Gasteiger partial charge in [-0.3, -0.25) is 0 Å². The van der Waals surface area contributed by atoms with E-state index in [4.69, 9.17) is 0 Å². The topological polar surface area (TPSA) is 102 Å². The molecule has 0 spiro atoms. The number of aromatic carboxylic acids is 1.